The molecule has 0 saturated heterocycles. The minimum absolute atomic E-state index is 0.157. The molecular formula is C36H11F15N5+. The van der Waals surface area contributed by atoms with Crippen LogP contribution in [0.1, 0.15) is 11.4 Å². The molecule has 284 valence electrons. The summed E-state index contributed by atoms with van der Waals surface area (Å²) in [6.45, 7) is 0. The number of hydrogen-bond acceptors (Lipinski definition) is 1. The van der Waals surface area contributed by atoms with E-state index in [0.717, 1.165) is 53.2 Å². The van der Waals surface area contributed by atoms with Gasteiger partial charge >= 0.3 is 5.65 Å². The molecule has 0 radical (unpaired) electrons. The lowest BCUT2D eigenvalue weighted by Crippen LogP contribution is -2.21. The second kappa shape index (κ2) is 12.7. The van der Waals surface area contributed by atoms with Gasteiger partial charge in [0.05, 0.1) is 44.7 Å². The highest BCUT2D eigenvalue weighted by atomic mass is 19.2. The van der Waals surface area contributed by atoms with Gasteiger partial charge in [-0.05, 0) is 30.4 Å². The normalized spacial score (nSPS) is 12.1. The predicted octanol–water partition coefficient (Wildman–Crippen LogP) is 10.4. The summed E-state index contributed by atoms with van der Waals surface area (Å²) in [5.74, 6) is -36.6. The zero-order valence-corrected chi connectivity index (χ0v) is 26.7. The molecule has 0 unspecified atom stereocenters. The predicted molar refractivity (Wildman–Crippen MR) is 167 cm³/mol. The first kappa shape index (κ1) is 36.3. The lowest BCUT2D eigenvalue weighted by atomic mass is 10.0. The molecule has 0 atom stereocenters. The lowest BCUT2D eigenvalue weighted by molar-refractivity contribution is -0.575. The zero-order chi connectivity index (χ0) is 40.2. The van der Waals surface area contributed by atoms with Crippen molar-refractivity contribution in [3.05, 3.63) is 135 Å². The topological polar surface area (TPSA) is 64.4 Å². The Morgan fingerprint density at radius 3 is 1.12 bits per heavy atom. The van der Waals surface area contributed by atoms with Crippen molar-refractivity contribution in [2.24, 2.45) is 0 Å². The van der Waals surface area contributed by atoms with Gasteiger partial charge in [-0.1, -0.05) is 0 Å². The average molecular weight is 798 g/mol. The maximum Gasteiger partial charge on any atom is 0.303 e. The molecule has 5 heterocycles. The van der Waals surface area contributed by atoms with E-state index < -0.39 is 154 Å². The number of hydrogen-bond donors (Lipinski definition) is 3. The molecule has 3 N–H and O–H groups in total. The van der Waals surface area contributed by atoms with Crippen LogP contribution in [0.5, 0.6) is 0 Å². The van der Waals surface area contributed by atoms with Crippen molar-refractivity contribution in [2.75, 3.05) is 0 Å². The van der Waals surface area contributed by atoms with Crippen LogP contribution >= 0.6 is 0 Å². The molecule has 0 amide bonds. The van der Waals surface area contributed by atoms with E-state index in [0.29, 0.717) is 0 Å². The Morgan fingerprint density at radius 1 is 0.339 bits per heavy atom. The van der Waals surface area contributed by atoms with Crippen molar-refractivity contribution in [1.82, 2.24) is 20.1 Å². The molecule has 3 aromatic carbocycles. The first-order chi connectivity index (χ1) is 26.5. The van der Waals surface area contributed by atoms with Gasteiger partial charge in [0, 0.05) is 28.8 Å². The van der Waals surface area contributed by atoms with Gasteiger partial charge in [-0.3, -0.25) is 0 Å². The molecule has 20 heteroatoms. The summed E-state index contributed by atoms with van der Waals surface area (Å²) in [6, 6.07) is 4.89. The Kier molecular flexibility index (Phi) is 8.20. The molecule has 8 bridgehead atoms. The number of nitrogens with one attached hydrogen (secondary N) is 3. The van der Waals surface area contributed by atoms with E-state index in [9.17, 15) is 39.5 Å². The summed E-state index contributed by atoms with van der Waals surface area (Å²) in [5.41, 5.74) is -11.6. The highest BCUT2D eigenvalue weighted by Gasteiger charge is 2.33. The van der Waals surface area contributed by atoms with Crippen molar-refractivity contribution in [3.8, 4) is 33.4 Å². The highest BCUT2D eigenvalue weighted by molar-refractivity contribution is 5.98. The maximum atomic E-state index is 15.6. The standard InChI is InChI=1S/C36H10F15N5/c37-22-19(23(38)29(44)34(49)28(22)43)16-9-1-2-11(52-9)17(20-24(39)30(45)35(50)31(46)25(20)40)13-5-6-15(54-13)56-8-7-14(55-56)18(12-4-3-10(16)53-12)21-26(41)32(47)36(51)33(48)27(21)42/h1-8H,(H2,52,53,54,55)/p+1. The molecule has 0 aliphatic carbocycles. The Bertz CT molecular complexity index is 2960. The van der Waals surface area contributed by atoms with Crippen LogP contribution in [0.4, 0.5) is 65.9 Å². The third-order valence-corrected chi connectivity index (χ3v) is 8.86. The van der Waals surface area contributed by atoms with Crippen molar-refractivity contribution in [1.29, 1.82) is 0 Å². The van der Waals surface area contributed by atoms with Crippen LogP contribution in [0.2, 0.25) is 0 Å². The SMILES string of the molecule is Fc1c(F)c(F)c(-c2c3nc(c(-c4c(F)c(F)c(F)c(F)c4F)c4cc[n+]([nH]4)c4ccc([nH]4)c(-c4c(F)c(F)c(F)c(F)c4F)c4ccc2[nH]4)C=C3)c(F)c1F. The van der Waals surface area contributed by atoms with Crippen LogP contribution in [0.3, 0.4) is 0 Å². The van der Waals surface area contributed by atoms with E-state index in [2.05, 4.69) is 20.1 Å². The molecule has 0 saturated carbocycles. The van der Waals surface area contributed by atoms with Crippen LogP contribution in [0, 0.1) is 87.3 Å². The van der Waals surface area contributed by atoms with Gasteiger partial charge in [0.25, 0.3) is 0 Å². The van der Waals surface area contributed by atoms with Crippen LogP contribution in [0.15, 0.2) is 36.5 Å². The second-order valence-corrected chi connectivity index (χ2v) is 11.9. The zero-order valence-electron chi connectivity index (χ0n) is 26.7. The van der Waals surface area contributed by atoms with Crippen LogP contribution in [-0.4, -0.2) is 20.1 Å². The van der Waals surface area contributed by atoms with E-state index in [1.165, 1.54) is 0 Å². The van der Waals surface area contributed by atoms with Gasteiger partial charge < -0.3 is 4.98 Å². The van der Waals surface area contributed by atoms with Crippen molar-refractivity contribution >= 4 is 39.9 Å². The summed E-state index contributed by atoms with van der Waals surface area (Å²) in [5, 5.41) is 2.55. The Balaban J connectivity index is 1.65. The van der Waals surface area contributed by atoms with Gasteiger partial charge in [-0.25, -0.2) is 80.9 Å². The van der Waals surface area contributed by atoms with Crippen LogP contribution < -0.4 is 4.52 Å². The van der Waals surface area contributed by atoms with Gasteiger partial charge in [0.1, 0.15) is 11.7 Å². The summed E-state index contributed by atoms with van der Waals surface area (Å²) in [7, 11) is 0. The molecule has 0 spiro atoms. The highest BCUT2D eigenvalue weighted by Crippen LogP contribution is 2.42. The van der Waals surface area contributed by atoms with Gasteiger partial charge in [0.2, 0.25) is 17.5 Å². The van der Waals surface area contributed by atoms with Crippen molar-refractivity contribution in [2.45, 2.75) is 0 Å². The quantitative estimate of drug-likeness (QED) is 0.0709. The number of rotatable bonds is 3. The molecule has 0 fully saturated rings. The number of H-pyrrole nitrogens is 3. The number of nitrogens with zero attached hydrogens (tertiary/aromatic N) is 2. The third kappa shape index (κ3) is 5.07. The molecule has 7 aromatic rings. The third-order valence-electron chi connectivity index (χ3n) is 8.86. The lowest BCUT2D eigenvalue weighted by Gasteiger charge is -2.10. The minimum Gasteiger partial charge on any atom is -0.354 e. The van der Waals surface area contributed by atoms with Crippen molar-refractivity contribution in [3.63, 3.8) is 0 Å². The van der Waals surface area contributed by atoms with Gasteiger partial charge in [-0.15, -0.1) is 4.52 Å². The smallest absolute Gasteiger partial charge is 0.303 e. The van der Waals surface area contributed by atoms with E-state index in [1.54, 1.807) is 0 Å². The maximum absolute atomic E-state index is 15.6. The van der Waals surface area contributed by atoms with E-state index in [-0.39, 0.29) is 5.65 Å². The number of halogens is 15. The molecule has 8 rings (SSSR count). The Hall–Kier alpha value is -6.73. The summed E-state index contributed by atoms with van der Waals surface area (Å²) >= 11 is 0. The number of aromatic amines is 3. The largest absolute Gasteiger partial charge is 0.354 e. The van der Waals surface area contributed by atoms with E-state index in [1.807, 2.05) is 0 Å². The molecule has 4 aromatic heterocycles. The van der Waals surface area contributed by atoms with E-state index >= 15 is 26.3 Å². The Morgan fingerprint density at radius 2 is 0.679 bits per heavy atom. The average Bonchev–Trinajstić information content (AvgIpc) is 4.03. The number of benzene rings is 3. The van der Waals surface area contributed by atoms with Crippen LogP contribution in [-0.2, 0) is 0 Å². The fourth-order valence-electron chi connectivity index (χ4n) is 6.32. The molecule has 1 aliphatic heterocycles. The molecule has 5 nitrogen and oxygen atoms in total. The fourth-order valence-corrected chi connectivity index (χ4v) is 6.32. The first-order valence-electron chi connectivity index (χ1n) is 15.3. The summed E-state index contributed by atoms with van der Waals surface area (Å²) < 4.78 is 224. The minimum atomic E-state index is -2.60. The Labute approximate surface area is 298 Å². The first-order valence-corrected chi connectivity index (χ1v) is 15.3. The van der Waals surface area contributed by atoms with Crippen molar-refractivity contribution < 1.29 is 70.4 Å². The fraction of sp³-hybridized carbons (Fsp3) is 0. The molecular weight excluding hydrogens is 787 g/mol. The monoisotopic (exact) mass is 798 g/mol. The van der Waals surface area contributed by atoms with E-state index in [4.69, 9.17) is 0 Å². The summed E-state index contributed by atoms with van der Waals surface area (Å²) in [6.07, 6.45) is 2.71. The number of aromatic nitrogens is 5. The second-order valence-electron chi connectivity index (χ2n) is 11.9. The summed E-state index contributed by atoms with van der Waals surface area (Å²) in [4.78, 5) is 9.07. The van der Waals surface area contributed by atoms with Gasteiger partial charge in [0.15, 0.2) is 69.8 Å². The van der Waals surface area contributed by atoms with Gasteiger partial charge in [-0.2, -0.15) is 0 Å². The molecule has 1 aliphatic rings. The number of fused-ring (bicyclic) bond motifs is 9. The van der Waals surface area contributed by atoms with Crippen LogP contribution in [0.25, 0.3) is 73.2 Å². The molecule has 56 heavy (non-hydrogen) atoms.